The summed E-state index contributed by atoms with van der Waals surface area (Å²) in [6.07, 6.45) is 0.603. The number of H-pyrrole nitrogens is 1. The number of nitrogens with zero attached hydrogens (tertiary/aromatic N) is 1. The number of fused-ring (bicyclic) bond motifs is 1. The Labute approximate surface area is 192 Å². The van der Waals surface area contributed by atoms with Gasteiger partial charge in [0.05, 0.1) is 11.3 Å². The number of aromatic amines is 1. The lowest BCUT2D eigenvalue weighted by molar-refractivity contribution is -0.160. The average Bonchev–Trinajstić information content (AvgIpc) is 3.26. The van der Waals surface area contributed by atoms with Crippen molar-refractivity contribution in [1.82, 2.24) is 10.2 Å². The number of benzene rings is 3. The van der Waals surface area contributed by atoms with Crippen LogP contribution < -0.4 is 0 Å². The Morgan fingerprint density at radius 2 is 1.75 bits per heavy atom. The number of hydrogen-bond acceptors (Lipinski definition) is 3. The van der Waals surface area contributed by atoms with Gasteiger partial charge in [0.15, 0.2) is 6.10 Å². The van der Waals surface area contributed by atoms with Crippen LogP contribution in [0.4, 0.5) is 0 Å². The summed E-state index contributed by atoms with van der Waals surface area (Å²) in [4.78, 5) is 12.4. The first-order chi connectivity index (χ1) is 15.1. The van der Waals surface area contributed by atoms with Crippen LogP contribution in [0.15, 0.2) is 60.8 Å². The largest absolute Gasteiger partial charge is 0.479 e. The number of rotatable bonds is 5. The van der Waals surface area contributed by atoms with E-state index in [0.29, 0.717) is 10.6 Å². The summed E-state index contributed by atoms with van der Waals surface area (Å²) < 4.78 is 6.04. The van der Waals surface area contributed by atoms with E-state index in [4.69, 9.17) is 16.3 Å². The number of carboxylic acid groups (broad SMARTS) is 1. The van der Waals surface area contributed by atoms with Crippen LogP contribution in [0, 0.1) is 6.92 Å². The van der Waals surface area contributed by atoms with Crippen molar-refractivity contribution < 1.29 is 14.6 Å². The molecule has 1 heterocycles. The lowest BCUT2D eigenvalue weighted by atomic mass is 9.86. The van der Waals surface area contributed by atoms with Crippen molar-refractivity contribution in [2.45, 2.75) is 39.4 Å². The number of hydrogen-bond donors (Lipinski definition) is 2. The van der Waals surface area contributed by atoms with Crippen LogP contribution in [0.1, 0.15) is 38.0 Å². The maximum absolute atomic E-state index is 12.4. The number of aromatic nitrogens is 2. The number of halogens is 1. The van der Waals surface area contributed by atoms with Gasteiger partial charge in [0.25, 0.3) is 0 Å². The van der Waals surface area contributed by atoms with Crippen LogP contribution in [0.25, 0.3) is 33.2 Å². The van der Waals surface area contributed by atoms with Crippen molar-refractivity contribution in [3.63, 3.8) is 0 Å². The van der Waals surface area contributed by atoms with Gasteiger partial charge in [-0.3, -0.25) is 5.10 Å². The van der Waals surface area contributed by atoms with Crippen molar-refractivity contribution in [2.24, 2.45) is 0 Å². The minimum Gasteiger partial charge on any atom is -0.479 e. The molecule has 4 aromatic rings. The van der Waals surface area contributed by atoms with Gasteiger partial charge in [-0.15, -0.1) is 0 Å². The number of carboxylic acids is 1. The smallest absolute Gasteiger partial charge is 0.337 e. The molecule has 0 aliphatic carbocycles. The first-order valence-electron chi connectivity index (χ1n) is 10.4. The van der Waals surface area contributed by atoms with Crippen LogP contribution in [0.5, 0.6) is 0 Å². The third-order valence-corrected chi connectivity index (χ3v) is 5.54. The fourth-order valence-corrected chi connectivity index (χ4v) is 4.13. The zero-order valence-electron chi connectivity index (χ0n) is 18.4. The highest BCUT2D eigenvalue weighted by molar-refractivity contribution is 6.30. The number of carbonyl (C=O) groups is 1. The van der Waals surface area contributed by atoms with Gasteiger partial charge in [-0.1, -0.05) is 41.9 Å². The summed E-state index contributed by atoms with van der Waals surface area (Å²) in [7, 11) is 0. The summed E-state index contributed by atoms with van der Waals surface area (Å²) in [5.74, 6) is -1.02. The molecule has 0 fully saturated rings. The monoisotopic (exact) mass is 448 g/mol. The maximum Gasteiger partial charge on any atom is 0.337 e. The molecule has 1 aromatic heterocycles. The summed E-state index contributed by atoms with van der Waals surface area (Å²) in [6.45, 7) is 7.51. The van der Waals surface area contributed by atoms with Crippen molar-refractivity contribution in [3.8, 4) is 22.4 Å². The molecule has 6 heteroatoms. The maximum atomic E-state index is 12.4. The first-order valence-corrected chi connectivity index (χ1v) is 10.8. The van der Waals surface area contributed by atoms with Gasteiger partial charge < -0.3 is 9.84 Å². The third-order valence-electron chi connectivity index (χ3n) is 5.29. The molecule has 0 aliphatic heterocycles. The Hall–Kier alpha value is -3.15. The van der Waals surface area contributed by atoms with Crippen LogP contribution in [0.3, 0.4) is 0 Å². The summed E-state index contributed by atoms with van der Waals surface area (Å²) >= 11 is 6.14. The van der Waals surface area contributed by atoms with E-state index in [1.807, 2.05) is 76.2 Å². The summed E-state index contributed by atoms with van der Waals surface area (Å²) in [6, 6.07) is 17.5. The van der Waals surface area contributed by atoms with E-state index < -0.39 is 17.7 Å². The average molecular weight is 449 g/mol. The van der Waals surface area contributed by atoms with Gasteiger partial charge in [-0.2, -0.15) is 5.10 Å². The van der Waals surface area contributed by atoms with E-state index in [1.54, 1.807) is 6.20 Å². The fraction of sp³-hybridized carbons (Fsp3) is 0.231. The van der Waals surface area contributed by atoms with Gasteiger partial charge >= 0.3 is 5.97 Å². The normalized spacial score (nSPS) is 12.8. The van der Waals surface area contributed by atoms with Gasteiger partial charge in [-0.05, 0) is 79.4 Å². The molecule has 0 unspecified atom stereocenters. The Morgan fingerprint density at radius 1 is 1.06 bits per heavy atom. The van der Waals surface area contributed by atoms with Crippen LogP contribution in [0.2, 0.25) is 5.02 Å². The van der Waals surface area contributed by atoms with E-state index in [1.165, 1.54) is 0 Å². The van der Waals surface area contributed by atoms with Crippen LogP contribution in [-0.4, -0.2) is 26.9 Å². The molecule has 0 aliphatic rings. The minimum atomic E-state index is -1.11. The van der Waals surface area contributed by atoms with Gasteiger partial charge in [0.1, 0.15) is 0 Å². The molecule has 1 atom stereocenters. The minimum absolute atomic E-state index is 0.620. The highest BCUT2D eigenvalue weighted by Gasteiger charge is 2.31. The lowest BCUT2D eigenvalue weighted by Crippen LogP contribution is -2.28. The summed E-state index contributed by atoms with van der Waals surface area (Å²) in [5.41, 5.74) is 4.51. The van der Waals surface area contributed by atoms with Crippen molar-refractivity contribution in [1.29, 1.82) is 0 Å². The van der Waals surface area contributed by atoms with Gasteiger partial charge in [0, 0.05) is 22.3 Å². The van der Waals surface area contributed by atoms with E-state index in [0.717, 1.165) is 38.7 Å². The second-order valence-electron chi connectivity index (χ2n) is 8.84. The predicted octanol–water partition coefficient (Wildman–Crippen LogP) is 6.80. The summed E-state index contributed by atoms with van der Waals surface area (Å²) in [5, 5.41) is 19.7. The zero-order chi connectivity index (χ0) is 23.0. The SMILES string of the molecule is Cc1cc2cc(-c3ccn[nH]3)ccc2c(-c2ccc(Cl)cc2)c1[C@H](OC(C)(C)C)C(=O)O. The quantitative estimate of drug-likeness (QED) is 0.352. The van der Waals surface area contributed by atoms with E-state index in [9.17, 15) is 9.90 Å². The Morgan fingerprint density at radius 3 is 2.34 bits per heavy atom. The molecule has 2 N–H and O–H groups in total. The van der Waals surface area contributed by atoms with Gasteiger partial charge in [0.2, 0.25) is 0 Å². The number of aryl methyl sites for hydroxylation is 1. The van der Waals surface area contributed by atoms with Crippen molar-refractivity contribution in [3.05, 3.63) is 76.9 Å². The molecule has 164 valence electrons. The van der Waals surface area contributed by atoms with Gasteiger partial charge in [-0.25, -0.2) is 4.79 Å². The molecular formula is C26H25ClN2O3. The lowest BCUT2D eigenvalue weighted by Gasteiger charge is -2.28. The Balaban J connectivity index is 2.03. The molecule has 3 aromatic carbocycles. The molecule has 0 bridgehead atoms. The molecule has 0 amide bonds. The molecule has 0 saturated heterocycles. The fourth-order valence-electron chi connectivity index (χ4n) is 4.00. The van der Waals surface area contributed by atoms with E-state index >= 15 is 0 Å². The highest BCUT2D eigenvalue weighted by atomic mass is 35.5. The predicted molar refractivity (Wildman–Crippen MR) is 128 cm³/mol. The molecule has 32 heavy (non-hydrogen) atoms. The molecule has 4 rings (SSSR count). The second kappa shape index (κ2) is 8.41. The number of ether oxygens (including phenoxy) is 1. The first kappa shape index (κ1) is 22.1. The van der Waals surface area contributed by atoms with Crippen molar-refractivity contribution in [2.75, 3.05) is 0 Å². The van der Waals surface area contributed by atoms with E-state index in [2.05, 4.69) is 16.3 Å². The second-order valence-corrected chi connectivity index (χ2v) is 9.28. The highest BCUT2D eigenvalue weighted by Crippen LogP contribution is 2.41. The molecular weight excluding hydrogens is 424 g/mol. The van der Waals surface area contributed by atoms with Crippen LogP contribution in [-0.2, 0) is 9.53 Å². The molecule has 5 nitrogen and oxygen atoms in total. The number of nitrogens with one attached hydrogen (secondary N) is 1. The molecule has 0 spiro atoms. The zero-order valence-corrected chi connectivity index (χ0v) is 19.2. The van der Waals surface area contributed by atoms with E-state index in [-0.39, 0.29) is 0 Å². The Bertz CT molecular complexity index is 1270. The van der Waals surface area contributed by atoms with Crippen LogP contribution >= 0.6 is 11.6 Å². The third kappa shape index (κ3) is 4.40. The standard InChI is InChI=1S/C26H25ClN2O3/c1-15-13-18-14-17(21-11-12-28-29-21)7-10-20(18)23(16-5-8-19(27)9-6-16)22(15)24(25(30)31)32-26(2,3)4/h5-14,24H,1-4H3,(H,28,29)(H,30,31)/t24-/m0/s1. The number of aliphatic carboxylic acids is 1. The topological polar surface area (TPSA) is 75.2 Å². The van der Waals surface area contributed by atoms with Crippen molar-refractivity contribution >= 4 is 28.3 Å². The Kier molecular flexibility index (Phi) is 5.80. The molecule has 0 saturated carbocycles. The molecule has 0 radical (unpaired) electrons.